The lowest BCUT2D eigenvalue weighted by molar-refractivity contribution is -0.135. The van der Waals surface area contributed by atoms with Crippen LogP contribution in [0.25, 0.3) is 11.0 Å². The van der Waals surface area contributed by atoms with E-state index in [1.165, 1.54) is 0 Å². The third-order valence-corrected chi connectivity index (χ3v) is 5.77. The van der Waals surface area contributed by atoms with Crippen LogP contribution in [0, 0.1) is 11.8 Å². The first-order valence-corrected chi connectivity index (χ1v) is 12.1. The van der Waals surface area contributed by atoms with Crippen LogP contribution in [0.5, 0.6) is 0 Å². The number of carbonyl (C=O) groups excluding carboxylic acids is 2. The van der Waals surface area contributed by atoms with Crippen molar-refractivity contribution in [3.63, 3.8) is 0 Å². The van der Waals surface area contributed by atoms with Gasteiger partial charge in [0.05, 0.1) is 17.1 Å². The van der Waals surface area contributed by atoms with Crippen molar-refractivity contribution in [3.05, 3.63) is 29.6 Å². The van der Waals surface area contributed by atoms with E-state index in [4.69, 9.17) is 30.5 Å². The molecule has 0 unspecified atom stereocenters. The molecule has 2 aliphatic heterocycles. The molecule has 1 aromatic carbocycles. The molecule has 0 saturated carbocycles. The Morgan fingerprint density at radius 1 is 1.17 bits per heavy atom. The normalized spacial score (nSPS) is 18.2. The molecule has 2 amide bonds. The number of aryl methyl sites for hydroxylation is 1. The number of imidazole rings is 1. The Morgan fingerprint density at radius 3 is 2.36 bits per heavy atom. The summed E-state index contributed by atoms with van der Waals surface area (Å²) in [6.07, 6.45) is 2.31. The van der Waals surface area contributed by atoms with Gasteiger partial charge in [-0.25, -0.2) is 4.98 Å². The molecule has 11 nitrogen and oxygen atoms in total. The number of nitrogens with one attached hydrogen (secondary N) is 1. The number of carbonyl (C=O) groups is 4. The molecule has 11 heteroatoms. The van der Waals surface area contributed by atoms with Crippen LogP contribution in [0.1, 0.15) is 56.7 Å². The fourth-order valence-electron chi connectivity index (χ4n) is 4.42. The maximum absolute atomic E-state index is 13.1. The highest BCUT2D eigenvalue weighted by atomic mass is 16.4. The monoisotopic (exact) mass is 503 g/mol. The Balaban J connectivity index is 0.000000501. The SMILES string of the molecule is CC(=O)O.CC(=O)O.CC(C)Cc1nc2ccc(C(=O)N3C[C@@H]4CC(=O)N[C@@H]4C3)cc2n1CCCN. The predicted octanol–water partition coefficient (Wildman–Crippen LogP) is 1.73. The van der Waals surface area contributed by atoms with Gasteiger partial charge in [-0.2, -0.15) is 0 Å². The van der Waals surface area contributed by atoms with E-state index < -0.39 is 11.9 Å². The third-order valence-electron chi connectivity index (χ3n) is 5.77. The highest BCUT2D eigenvalue weighted by Gasteiger charge is 2.41. The van der Waals surface area contributed by atoms with Crippen LogP contribution >= 0.6 is 0 Å². The molecule has 4 rings (SSSR count). The molecule has 36 heavy (non-hydrogen) atoms. The molecule has 3 heterocycles. The standard InChI is InChI=1S/C21H29N5O2.2C2H4O2/c1-13(2)8-19-23-16-5-4-14(9-18(16)26(19)7-3-6-22)21(28)25-11-15-10-20(27)24-17(15)12-25;2*1-2(3)4/h4-5,9,13,15,17H,3,6-8,10-12,22H2,1-2H3,(H,24,27);2*1H3,(H,3,4)/t15-,17+;;/m0../s1. The van der Waals surface area contributed by atoms with Crippen molar-refractivity contribution >= 4 is 34.8 Å². The number of aliphatic carboxylic acids is 2. The molecular formula is C25H37N5O6. The van der Waals surface area contributed by atoms with Crippen molar-refractivity contribution in [3.8, 4) is 0 Å². The second-order valence-electron chi connectivity index (χ2n) is 9.51. The Kier molecular flexibility index (Phi) is 10.4. The molecule has 0 aliphatic carbocycles. The summed E-state index contributed by atoms with van der Waals surface area (Å²) in [6.45, 7) is 9.22. The molecule has 198 valence electrons. The number of hydrogen-bond acceptors (Lipinski definition) is 6. The van der Waals surface area contributed by atoms with E-state index in [-0.39, 0.29) is 23.8 Å². The van der Waals surface area contributed by atoms with Crippen LogP contribution in [0.4, 0.5) is 0 Å². The van der Waals surface area contributed by atoms with Gasteiger partial charge in [0.2, 0.25) is 5.91 Å². The second-order valence-corrected chi connectivity index (χ2v) is 9.51. The molecule has 0 spiro atoms. The van der Waals surface area contributed by atoms with Gasteiger partial charge in [0.1, 0.15) is 5.82 Å². The summed E-state index contributed by atoms with van der Waals surface area (Å²) in [4.78, 5) is 49.3. The van der Waals surface area contributed by atoms with Crippen molar-refractivity contribution in [1.82, 2.24) is 19.8 Å². The Bertz CT molecular complexity index is 1060. The first-order valence-electron chi connectivity index (χ1n) is 12.1. The molecule has 0 radical (unpaired) electrons. The highest BCUT2D eigenvalue weighted by molar-refractivity contribution is 5.98. The first kappa shape index (κ1) is 28.8. The van der Waals surface area contributed by atoms with Gasteiger partial charge in [-0.15, -0.1) is 0 Å². The molecule has 2 saturated heterocycles. The fraction of sp³-hybridized carbons (Fsp3) is 0.560. The lowest BCUT2D eigenvalue weighted by Gasteiger charge is -2.17. The highest BCUT2D eigenvalue weighted by Crippen LogP contribution is 2.27. The predicted molar refractivity (Wildman–Crippen MR) is 135 cm³/mol. The van der Waals surface area contributed by atoms with E-state index in [1.807, 2.05) is 23.1 Å². The molecule has 0 bridgehead atoms. The van der Waals surface area contributed by atoms with Crippen molar-refractivity contribution in [2.24, 2.45) is 17.6 Å². The maximum Gasteiger partial charge on any atom is 0.300 e. The van der Waals surface area contributed by atoms with Crippen LogP contribution in [0.2, 0.25) is 0 Å². The number of amides is 2. The van der Waals surface area contributed by atoms with E-state index in [0.29, 0.717) is 37.5 Å². The Hall–Kier alpha value is -3.47. The third kappa shape index (κ3) is 8.04. The van der Waals surface area contributed by atoms with Gasteiger partial charge in [0.15, 0.2) is 0 Å². The molecule has 2 atom stereocenters. The van der Waals surface area contributed by atoms with Crippen LogP contribution in [0.15, 0.2) is 18.2 Å². The zero-order chi connectivity index (χ0) is 27.0. The molecule has 2 fully saturated rings. The lowest BCUT2D eigenvalue weighted by Crippen LogP contribution is -2.35. The summed E-state index contributed by atoms with van der Waals surface area (Å²) in [7, 11) is 0. The van der Waals surface area contributed by atoms with Crippen LogP contribution in [0.3, 0.4) is 0 Å². The van der Waals surface area contributed by atoms with Gasteiger partial charge >= 0.3 is 0 Å². The van der Waals surface area contributed by atoms with Gasteiger partial charge in [-0.3, -0.25) is 19.2 Å². The molecule has 1 aromatic heterocycles. The topological polar surface area (TPSA) is 168 Å². The van der Waals surface area contributed by atoms with E-state index >= 15 is 0 Å². The Morgan fingerprint density at radius 2 is 1.81 bits per heavy atom. The zero-order valence-electron chi connectivity index (χ0n) is 21.4. The van der Waals surface area contributed by atoms with Gasteiger partial charge in [-0.1, -0.05) is 13.8 Å². The number of hydrogen-bond donors (Lipinski definition) is 4. The second kappa shape index (κ2) is 13.0. The average Bonchev–Trinajstić information content (AvgIpc) is 3.40. The number of rotatable bonds is 6. The van der Waals surface area contributed by atoms with Crippen LogP contribution in [-0.2, 0) is 27.3 Å². The molecule has 5 N–H and O–H groups in total. The number of carboxylic acid groups (broad SMARTS) is 2. The number of carboxylic acids is 2. The maximum atomic E-state index is 13.1. The van der Waals surface area contributed by atoms with Crippen molar-refractivity contribution in [2.75, 3.05) is 19.6 Å². The van der Waals surface area contributed by atoms with Gasteiger partial charge < -0.3 is 30.7 Å². The van der Waals surface area contributed by atoms with Crippen LogP contribution in [-0.4, -0.2) is 74.1 Å². The quantitative estimate of drug-likeness (QED) is 0.462. The number of nitrogens with zero attached hydrogens (tertiary/aromatic N) is 3. The average molecular weight is 504 g/mol. The summed E-state index contributed by atoms with van der Waals surface area (Å²) in [5.74, 6) is 0.274. The summed E-state index contributed by atoms with van der Waals surface area (Å²) in [5, 5.41) is 17.8. The molecule has 2 aliphatic rings. The van der Waals surface area contributed by atoms with Crippen molar-refractivity contribution < 1.29 is 29.4 Å². The number of fused-ring (bicyclic) bond motifs is 2. The Labute approximate surface area is 210 Å². The minimum atomic E-state index is -0.833. The summed E-state index contributed by atoms with van der Waals surface area (Å²) >= 11 is 0. The van der Waals surface area contributed by atoms with E-state index in [2.05, 4.69) is 23.7 Å². The van der Waals surface area contributed by atoms with Gasteiger partial charge in [0.25, 0.3) is 17.8 Å². The van der Waals surface area contributed by atoms with Gasteiger partial charge in [-0.05, 0) is 37.1 Å². The number of likely N-dealkylation sites (tertiary alicyclic amines) is 1. The smallest absolute Gasteiger partial charge is 0.300 e. The fourth-order valence-corrected chi connectivity index (χ4v) is 4.42. The summed E-state index contributed by atoms with van der Waals surface area (Å²) < 4.78 is 2.22. The first-order chi connectivity index (χ1) is 16.9. The summed E-state index contributed by atoms with van der Waals surface area (Å²) in [6, 6.07) is 5.89. The largest absolute Gasteiger partial charge is 0.481 e. The number of aromatic nitrogens is 2. The minimum absolute atomic E-state index is 0.0301. The van der Waals surface area contributed by atoms with Crippen LogP contribution < -0.4 is 11.1 Å². The molecule has 2 aromatic rings. The van der Waals surface area contributed by atoms with E-state index in [0.717, 1.165) is 50.1 Å². The molecular weight excluding hydrogens is 466 g/mol. The number of benzene rings is 1. The van der Waals surface area contributed by atoms with Crippen molar-refractivity contribution in [1.29, 1.82) is 0 Å². The van der Waals surface area contributed by atoms with E-state index in [9.17, 15) is 9.59 Å². The summed E-state index contributed by atoms with van der Waals surface area (Å²) in [5.41, 5.74) is 8.34. The van der Waals surface area contributed by atoms with E-state index in [1.54, 1.807) is 0 Å². The minimum Gasteiger partial charge on any atom is -0.481 e. The van der Waals surface area contributed by atoms with Crippen molar-refractivity contribution in [2.45, 2.75) is 59.5 Å². The number of nitrogens with two attached hydrogens (primary N) is 1. The lowest BCUT2D eigenvalue weighted by atomic mass is 10.1. The van der Waals surface area contributed by atoms with Gasteiger partial charge in [0, 0.05) is 57.8 Å². The zero-order valence-corrected chi connectivity index (χ0v) is 21.4.